The molecule has 0 radical (unpaired) electrons. The lowest BCUT2D eigenvalue weighted by molar-refractivity contribution is 1.23. The first-order valence-corrected chi connectivity index (χ1v) is 0.774. The molecular weight excluding hydrogens is 72.0 g/mol. The minimum Gasteiger partial charge on any atom is -0.287 e. The molecule has 5 heteroatoms. The van der Waals surface area contributed by atoms with Crippen molar-refractivity contribution in [2.75, 3.05) is 0 Å². The van der Waals surface area contributed by atoms with Crippen LogP contribution in [-0.2, 0) is 0 Å². The molecule has 0 saturated heterocycles. The molecule has 0 aliphatic rings. The lowest BCUT2D eigenvalue weighted by Gasteiger charge is -1.33. The second-order valence-electron chi connectivity index (χ2n) is 0.105. The Morgan fingerprint density at radius 3 is 1.40 bits per heavy atom. The molecule has 0 bridgehead atoms. The summed E-state index contributed by atoms with van der Waals surface area (Å²) in [6, 6.07) is 0. The molecule has 0 rings (SSSR count). The van der Waals surface area contributed by atoms with Gasteiger partial charge in [-0.3, -0.25) is 17.5 Å². The summed E-state index contributed by atoms with van der Waals surface area (Å²) in [6.07, 6.45) is 0. The lowest BCUT2D eigenvalue weighted by atomic mass is 12.9. The van der Waals surface area contributed by atoms with Crippen LogP contribution in [0.1, 0.15) is 0 Å². The average molecular weight is 78.1 g/mol. The van der Waals surface area contributed by atoms with E-state index in [9.17, 15) is 0 Å². The molecule has 0 heterocycles. The highest BCUT2D eigenvalue weighted by atomic mass is 16.3. The van der Waals surface area contributed by atoms with E-state index in [4.69, 9.17) is 4.91 Å². The van der Waals surface area contributed by atoms with Crippen molar-refractivity contribution in [2.45, 2.75) is 0 Å². The van der Waals surface area contributed by atoms with Gasteiger partial charge in [0.15, 0.2) is 0 Å². The van der Waals surface area contributed by atoms with Gasteiger partial charge in [0.25, 0.3) is 0 Å². The normalized spacial score (nSPS) is 3.60. The number of nitrogens with zero attached hydrogens (tertiary/aromatic N) is 1. The largest absolute Gasteiger partial charge is 0.287 e. The number of hydrazine groups is 1. The molecule has 0 spiro atoms. The van der Waals surface area contributed by atoms with Gasteiger partial charge in [0.2, 0.25) is 0 Å². The van der Waals surface area contributed by atoms with E-state index in [1.165, 1.54) is 0 Å². The summed E-state index contributed by atoms with van der Waals surface area (Å²) in [6.45, 7) is 0. The van der Waals surface area contributed by atoms with E-state index in [2.05, 4.69) is 17.5 Å². The topological polar surface area (TPSA) is 107 Å². The van der Waals surface area contributed by atoms with E-state index in [0.717, 1.165) is 0 Å². The fourth-order valence-electron chi connectivity index (χ4n) is 0. The van der Waals surface area contributed by atoms with Crippen LogP contribution in [0.2, 0.25) is 0 Å². The number of hydrogen-bond donors (Lipinski definition) is 3. The zero-order valence-electron chi connectivity index (χ0n) is 2.59. The number of rotatable bonds is 0. The van der Waals surface area contributed by atoms with E-state index in [0.29, 0.717) is 0 Å². The number of hydrogen-bond acceptors (Lipinski definition) is 4. The Labute approximate surface area is 29.0 Å². The first kappa shape index (κ1) is 8.85. The maximum Gasteiger partial charge on any atom is 0.0468 e. The van der Waals surface area contributed by atoms with Crippen LogP contribution < -0.4 is 17.5 Å². The quantitative estimate of drug-likeness (QED) is 0.185. The lowest BCUT2D eigenvalue weighted by Crippen LogP contribution is -2.02. The van der Waals surface area contributed by atoms with Crippen molar-refractivity contribution in [3.8, 4) is 0 Å². The Morgan fingerprint density at radius 2 is 1.40 bits per heavy atom. The van der Waals surface area contributed by atoms with Crippen LogP contribution in [0.15, 0.2) is 5.29 Å². The van der Waals surface area contributed by atoms with Gasteiger partial charge < -0.3 is 0 Å². The average Bonchev–Trinajstić information content (AvgIpc) is 1.46. The number of nitroso groups, excluding NO2 is 1. The molecule has 0 fully saturated rings. The summed E-state index contributed by atoms with van der Waals surface area (Å²) < 4.78 is 0. The van der Waals surface area contributed by atoms with Crippen molar-refractivity contribution in [3.05, 3.63) is 4.91 Å². The zero-order chi connectivity index (χ0) is 4.71. The van der Waals surface area contributed by atoms with E-state index < -0.39 is 0 Å². The Bertz CT molecular complexity index is 11.1. The molecule has 5 nitrogen and oxygen atoms in total. The minimum absolute atomic E-state index is 1.75. The van der Waals surface area contributed by atoms with Gasteiger partial charge in [0.1, 0.15) is 0 Å². The highest BCUT2D eigenvalue weighted by Gasteiger charge is 1.14. The van der Waals surface area contributed by atoms with Crippen molar-refractivity contribution in [1.82, 2.24) is 0 Å². The summed E-state index contributed by atoms with van der Waals surface area (Å²) >= 11 is 0. The highest BCUT2D eigenvalue weighted by molar-refractivity contribution is 3.93. The van der Waals surface area contributed by atoms with Crippen molar-refractivity contribution in [2.24, 2.45) is 22.8 Å². The van der Waals surface area contributed by atoms with Gasteiger partial charge in [-0.1, -0.05) is 0 Å². The SMILES string of the molecule is NN.NN=O. The first-order valence-electron chi connectivity index (χ1n) is 0.774. The fraction of sp³-hybridized carbons (Fsp3) is 0. The van der Waals surface area contributed by atoms with E-state index in [1.54, 1.807) is 5.29 Å². The molecule has 0 aromatic carbocycles. The monoisotopic (exact) mass is 78.1 g/mol. The molecule has 5 heavy (non-hydrogen) atoms. The molecular formula is H6N4O. The molecule has 0 unspecified atom stereocenters. The fourth-order valence-corrected chi connectivity index (χ4v) is 0. The van der Waals surface area contributed by atoms with Gasteiger partial charge >= 0.3 is 0 Å². The summed E-state index contributed by atoms with van der Waals surface area (Å²) in [7, 11) is 0. The standard InChI is InChI=1S/H2N2O.H4N2/c1-2-3;1-2/h(H2,1,3);1-2H2. The van der Waals surface area contributed by atoms with Crippen molar-refractivity contribution >= 4 is 0 Å². The molecule has 0 aliphatic carbocycles. The Balaban J connectivity index is 0. The van der Waals surface area contributed by atoms with Gasteiger partial charge in [-0.25, -0.2) is 0 Å². The maximum atomic E-state index is 8.33. The van der Waals surface area contributed by atoms with Crippen molar-refractivity contribution < 1.29 is 0 Å². The second kappa shape index (κ2) is 175. The minimum atomic E-state index is 1.75. The number of nitrogens with two attached hydrogens (primary N) is 3. The maximum absolute atomic E-state index is 8.33. The summed E-state index contributed by atoms with van der Waals surface area (Å²) in [5.41, 5.74) is 0. The molecule has 0 aliphatic heterocycles. The van der Waals surface area contributed by atoms with Gasteiger partial charge in [0.05, 0.1) is 0 Å². The Hall–Kier alpha value is -0.680. The van der Waals surface area contributed by atoms with Gasteiger partial charge in [0, 0.05) is 5.29 Å². The van der Waals surface area contributed by atoms with E-state index in [-0.39, 0.29) is 0 Å². The predicted octanol–water partition coefficient (Wildman–Crippen LogP) is -1.55. The van der Waals surface area contributed by atoms with Crippen LogP contribution in [0, 0.1) is 4.91 Å². The molecule has 0 atom stereocenters. The molecule has 32 valence electrons. The van der Waals surface area contributed by atoms with Crippen LogP contribution >= 0.6 is 0 Å². The first-order chi connectivity index (χ1) is 2.41. The van der Waals surface area contributed by atoms with Crippen LogP contribution in [0.3, 0.4) is 0 Å². The zero-order valence-corrected chi connectivity index (χ0v) is 2.59. The van der Waals surface area contributed by atoms with Gasteiger partial charge in [-0.15, -0.1) is 4.91 Å². The third kappa shape index (κ3) is 12.5. The highest BCUT2D eigenvalue weighted by Crippen LogP contribution is 1.12. The van der Waals surface area contributed by atoms with E-state index in [1.807, 2.05) is 0 Å². The van der Waals surface area contributed by atoms with Crippen LogP contribution in [0.4, 0.5) is 0 Å². The third-order valence-corrected chi connectivity index (χ3v) is 0. The van der Waals surface area contributed by atoms with Crippen LogP contribution in [0.25, 0.3) is 0 Å². The molecule has 0 aromatic heterocycles. The molecule has 6 N–H and O–H groups in total. The molecule has 0 aromatic rings. The van der Waals surface area contributed by atoms with Crippen LogP contribution in [0.5, 0.6) is 0 Å². The summed E-state index contributed by atoms with van der Waals surface area (Å²) in [5.74, 6) is 11.9. The summed E-state index contributed by atoms with van der Waals surface area (Å²) in [5, 5.41) is 1.75. The summed E-state index contributed by atoms with van der Waals surface area (Å²) in [4.78, 5) is 8.33. The van der Waals surface area contributed by atoms with Crippen LogP contribution in [-0.4, -0.2) is 0 Å². The molecule has 0 amide bonds. The second-order valence-corrected chi connectivity index (χ2v) is 0.105. The van der Waals surface area contributed by atoms with Crippen molar-refractivity contribution in [3.63, 3.8) is 0 Å². The Kier molecular flexibility index (Phi) is 309. The van der Waals surface area contributed by atoms with E-state index >= 15 is 0 Å². The Morgan fingerprint density at radius 1 is 1.40 bits per heavy atom. The smallest absolute Gasteiger partial charge is 0.0468 e. The van der Waals surface area contributed by atoms with Gasteiger partial charge in [-0.2, -0.15) is 0 Å². The van der Waals surface area contributed by atoms with Gasteiger partial charge in [-0.05, 0) is 0 Å². The predicted molar refractivity (Wildman–Crippen MR) is 18.4 cm³/mol. The molecule has 0 saturated carbocycles. The van der Waals surface area contributed by atoms with Crippen molar-refractivity contribution in [1.29, 1.82) is 0 Å². The third-order valence-electron chi connectivity index (χ3n) is 0.